The quantitative estimate of drug-likeness (QED) is 0.420. The van der Waals surface area contributed by atoms with Crippen LogP contribution in [-0.4, -0.2) is 43.1 Å². The molecule has 0 bridgehead atoms. The number of aromatic nitrogens is 2. The number of fused-ring (bicyclic) bond motifs is 1. The van der Waals surface area contributed by atoms with Gasteiger partial charge >= 0.3 is 0 Å². The minimum atomic E-state index is -0.529. The normalized spacial score (nSPS) is 14.8. The molecule has 0 radical (unpaired) electrons. The summed E-state index contributed by atoms with van der Waals surface area (Å²) in [5.74, 6) is -0.890. The smallest absolute Gasteiger partial charge is 0.285 e. The molecule has 11 heteroatoms. The summed E-state index contributed by atoms with van der Waals surface area (Å²) in [6, 6.07) is 11.8. The van der Waals surface area contributed by atoms with Crippen molar-refractivity contribution in [3.05, 3.63) is 69.0 Å². The van der Waals surface area contributed by atoms with E-state index in [0.717, 1.165) is 16.8 Å². The van der Waals surface area contributed by atoms with Crippen molar-refractivity contribution in [3.63, 3.8) is 0 Å². The highest BCUT2D eigenvalue weighted by Crippen LogP contribution is 2.36. The maximum Gasteiger partial charge on any atom is 0.285 e. The Kier molecular flexibility index (Phi) is 6.16. The Bertz CT molecular complexity index is 1400. The maximum atomic E-state index is 12.8. The lowest BCUT2D eigenvalue weighted by Gasteiger charge is -2.16. The number of phenolic OH excluding ortho intramolecular Hbond substituents is 1. The first kappa shape index (κ1) is 22.5. The molecule has 2 heterocycles. The predicted octanol–water partition coefficient (Wildman–Crippen LogP) is 2.12. The van der Waals surface area contributed by atoms with E-state index >= 15 is 0 Å². The van der Waals surface area contributed by atoms with Gasteiger partial charge in [-0.2, -0.15) is 10.1 Å². The van der Waals surface area contributed by atoms with Crippen LogP contribution in [0.2, 0.25) is 0 Å². The zero-order chi connectivity index (χ0) is 23.7. The van der Waals surface area contributed by atoms with Gasteiger partial charge in [0.1, 0.15) is 0 Å². The minimum Gasteiger partial charge on any atom is -0.504 e. The first-order valence-electron chi connectivity index (χ1n) is 9.68. The van der Waals surface area contributed by atoms with E-state index in [0.29, 0.717) is 22.0 Å². The van der Waals surface area contributed by atoms with E-state index in [1.807, 2.05) is 0 Å². The summed E-state index contributed by atoms with van der Waals surface area (Å²) in [7, 11) is 2.94. The molecule has 0 saturated carbocycles. The van der Waals surface area contributed by atoms with Gasteiger partial charge in [0.25, 0.3) is 11.5 Å². The Morgan fingerprint density at radius 1 is 1.21 bits per heavy atom. The van der Waals surface area contributed by atoms with Gasteiger partial charge in [-0.1, -0.05) is 42.1 Å². The highest BCUT2D eigenvalue weighted by molar-refractivity contribution is 8.26. The van der Waals surface area contributed by atoms with Crippen LogP contribution in [0.15, 0.2) is 52.2 Å². The van der Waals surface area contributed by atoms with Gasteiger partial charge in [-0.05, 0) is 30.4 Å². The van der Waals surface area contributed by atoms with Crippen LogP contribution in [0.4, 0.5) is 0 Å². The number of hydrazine groups is 1. The lowest BCUT2D eigenvalue weighted by Crippen LogP contribution is -2.45. The number of thiocarbonyl (C=S) groups is 1. The fourth-order valence-electron chi connectivity index (χ4n) is 3.35. The molecule has 1 saturated heterocycles. The van der Waals surface area contributed by atoms with E-state index in [1.165, 1.54) is 24.9 Å². The van der Waals surface area contributed by atoms with Crippen LogP contribution in [-0.2, 0) is 23.1 Å². The van der Waals surface area contributed by atoms with Gasteiger partial charge in [-0.3, -0.25) is 19.8 Å². The third kappa shape index (κ3) is 4.32. The van der Waals surface area contributed by atoms with Crippen LogP contribution >= 0.6 is 24.0 Å². The highest BCUT2D eigenvalue weighted by Gasteiger charge is 2.34. The first-order chi connectivity index (χ1) is 15.8. The number of aryl methyl sites for hydroxylation is 1. The summed E-state index contributed by atoms with van der Waals surface area (Å²) in [5.41, 5.74) is 3.01. The number of phenols is 1. The topological polar surface area (TPSA) is 114 Å². The van der Waals surface area contributed by atoms with Gasteiger partial charge in [0.05, 0.1) is 29.5 Å². The number of carbonyl (C=O) groups excluding carboxylic acids is 2. The maximum absolute atomic E-state index is 12.8. The van der Waals surface area contributed by atoms with Crippen molar-refractivity contribution in [1.29, 1.82) is 0 Å². The third-order valence-corrected chi connectivity index (χ3v) is 6.23. The van der Waals surface area contributed by atoms with Crippen molar-refractivity contribution in [2.45, 2.75) is 6.42 Å². The molecule has 0 spiro atoms. The molecule has 9 nitrogen and oxygen atoms in total. The van der Waals surface area contributed by atoms with E-state index in [1.54, 1.807) is 42.5 Å². The van der Waals surface area contributed by atoms with Crippen molar-refractivity contribution in [3.8, 4) is 11.5 Å². The first-order valence-corrected chi connectivity index (χ1v) is 10.9. The number of ether oxygens (including phenoxy) is 1. The summed E-state index contributed by atoms with van der Waals surface area (Å²) in [4.78, 5) is 38.1. The fourth-order valence-corrected chi connectivity index (χ4v) is 4.52. The number of thioether (sulfide) groups is 1. The molecule has 1 aliphatic rings. The molecule has 1 aromatic heterocycles. The van der Waals surface area contributed by atoms with Crippen molar-refractivity contribution >= 4 is 57.0 Å². The molecule has 1 fully saturated rings. The van der Waals surface area contributed by atoms with Gasteiger partial charge in [0.15, 0.2) is 15.8 Å². The van der Waals surface area contributed by atoms with Crippen molar-refractivity contribution in [2.75, 3.05) is 7.11 Å². The molecule has 2 N–H and O–H groups in total. The molecule has 168 valence electrons. The molecule has 2 aromatic carbocycles. The average molecular weight is 483 g/mol. The summed E-state index contributed by atoms with van der Waals surface area (Å²) in [6.07, 6.45) is 1.31. The second-order valence-electron chi connectivity index (χ2n) is 7.05. The van der Waals surface area contributed by atoms with E-state index in [2.05, 4.69) is 10.5 Å². The summed E-state index contributed by atoms with van der Waals surface area (Å²) < 4.78 is 6.40. The number of methoxy groups -OCH3 is 1. The molecule has 0 aliphatic carbocycles. The number of para-hydroxylation sites is 1. The minimum absolute atomic E-state index is 0.109. The van der Waals surface area contributed by atoms with Gasteiger partial charge in [-0.15, -0.1) is 0 Å². The highest BCUT2D eigenvalue weighted by atomic mass is 32.2. The Morgan fingerprint density at radius 2 is 1.94 bits per heavy atom. The standard InChI is InChI=1S/C22H18N4O5S2/c1-25-20(29)14-8-4-3-7-13(14)15(23-25)11-18(27)24-26-21(30)17(33-22(26)32)10-12-6-5-9-16(31-2)19(12)28/h3-10,28H,11H2,1-2H3,(H,24,27). The summed E-state index contributed by atoms with van der Waals surface area (Å²) in [5, 5.41) is 16.5. The van der Waals surface area contributed by atoms with E-state index in [4.69, 9.17) is 17.0 Å². The van der Waals surface area contributed by atoms with Gasteiger partial charge in [0, 0.05) is 18.0 Å². The third-order valence-electron chi connectivity index (χ3n) is 4.93. The number of rotatable bonds is 5. The fraction of sp³-hybridized carbons (Fsp3) is 0.136. The van der Waals surface area contributed by atoms with Crippen LogP contribution < -0.4 is 15.7 Å². The monoisotopic (exact) mass is 482 g/mol. The molecule has 3 aromatic rings. The molecule has 0 unspecified atom stereocenters. The number of hydrogen-bond acceptors (Lipinski definition) is 8. The lowest BCUT2D eigenvalue weighted by molar-refractivity contribution is -0.132. The Hall–Kier alpha value is -3.70. The molecule has 1 aliphatic heterocycles. The molecule has 33 heavy (non-hydrogen) atoms. The molecular weight excluding hydrogens is 464 g/mol. The van der Waals surface area contributed by atoms with Crippen molar-refractivity contribution in [2.24, 2.45) is 7.05 Å². The average Bonchev–Trinajstić information content (AvgIpc) is 3.06. The zero-order valence-corrected chi connectivity index (χ0v) is 19.2. The molecule has 4 rings (SSSR count). The number of amides is 2. The van der Waals surface area contributed by atoms with Crippen molar-refractivity contribution < 1.29 is 19.4 Å². The van der Waals surface area contributed by atoms with E-state index < -0.39 is 11.8 Å². The number of aromatic hydroxyl groups is 1. The number of nitrogens with one attached hydrogen (secondary N) is 1. The number of carbonyl (C=O) groups is 2. The second-order valence-corrected chi connectivity index (χ2v) is 8.72. The van der Waals surface area contributed by atoms with Gasteiger partial charge in [0.2, 0.25) is 5.91 Å². The van der Waals surface area contributed by atoms with Crippen LogP contribution in [0.3, 0.4) is 0 Å². The largest absolute Gasteiger partial charge is 0.504 e. The number of benzene rings is 2. The SMILES string of the molecule is COc1cccc(C=C2SC(=S)N(NC(=O)Cc3nn(C)c(=O)c4ccccc34)C2=O)c1O. The number of hydrogen-bond donors (Lipinski definition) is 2. The lowest BCUT2D eigenvalue weighted by atomic mass is 10.1. The van der Waals surface area contributed by atoms with E-state index in [9.17, 15) is 19.5 Å². The predicted molar refractivity (Wildman–Crippen MR) is 129 cm³/mol. The zero-order valence-electron chi connectivity index (χ0n) is 17.6. The summed E-state index contributed by atoms with van der Waals surface area (Å²) >= 11 is 6.25. The molecular formula is C22H18N4O5S2. The van der Waals surface area contributed by atoms with Crippen LogP contribution in [0.25, 0.3) is 16.8 Å². The van der Waals surface area contributed by atoms with Crippen LogP contribution in [0.5, 0.6) is 11.5 Å². The van der Waals surface area contributed by atoms with Crippen LogP contribution in [0.1, 0.15) is 11.3 Å². The van der Waals surface area contributed by atoms with E-state index in [-0.39, 0.29) is 32.7 Å². The van der Waals surface area contributed by atoms with Gasteiger partial charge in [-0.25, -0.2) is 4.68 Å². The number of nitrogens with zero attached hydrogens (tertiary/aromatic N) is 3. The van der Waals surface area contributed by atoms with Crippen LogP contribution in [0, 0.1) is 0 Å². The van der Waals surface area contributed by atoms with Crippen molar-refractivity contribution in [1.82, 2.24) is 20.2 Å². The summed E-state index contributed by atoms with van der Waals surface area (Å²) in [6.45, 7) is 0. The van der Waals surface area contributed by atoms with Gasteiger partial charge < -0.3 is 9.84 Å². The Balaban J connectivity index is 1.55. The Morgan fingerprint density at radius 3 is 2.67 bits per heavy atom. The second kappa shape index (κ2) is 9.04. The molecule has 2 amide bonds. The Labute approximate surface area is 197 Å². The molecule has 0 atom stereocenters.